The van der Waals surface area contributed by atoms with E-state index in [1.807, 2.05) is 0 Å². The lowest BCUT2D eigenvalue weighted by Crippen LogP contribution is -2.58. The van der Waals surface area contributed by atoms with Crippen LogP contribution in [0.15, 0.2) is 77.9 Å². The van der Waals surface area contributed by atoms with Crippen LogP contribution in [0.3, 0.4) is 0 Å². The Hall–Kier alpha value is -4.19. The highest BCUT2D eigenvalue weighted by Crippen LogP contribution is 2.39. The molecule has 13 heteroatoms. The molecule has 1 unspecified atom stereocenters. The van der Waals surface area contributed by atoms with E-state index in [0.717, 1.165) is 0 Å². The largest absolute Gasteiger partial charge is 0.347 e. The first-order valence-corrected chi connectivity index (χ1v) is 14.2. The first-order chi connectivity index (χ1) is 20.5. The maximum atomic E-state index is 13.8. The molecule has 226 valence electrons. The van der Waals surface area contributed by atoms with Gasteiger partial charge in [0.2, 0.25) is 5.91 Å². The molecular weight excluding hydrogens is 598 g/mol. The lowest BCUT2D eigenvalue weighted by atomic mass is 9.99. The Morgan fingerprint density at radius 2 is 1.72 bits per heavy atom. The summed E-state index contributed by atoms with van der Waals surface area (Å²) >= 11 is 12.2. The van der Waals surface area contributed by atoms with E-state index >= 15 is 0 Å². The number of nitrogens with one attached hydrogen (secondary N) is 2. The third-order valence-electron chi connectivity index (χ3n) is 6.92. The van der Waals surface area contributed by atoms with Gasteiger partial charge in [-0.15, -0.1) is 0 Å². The zero-order valence-electron chi connectivity index (χ0n) is 23.5. The Morgan fingerprint density at radius 1 is 1.05 bits per heavy atom. The van der Waals surface area contributed by atoms with E-state index in [-0.39, 0.29) is 24.7 Å². The number of carbonyl (C=O) groups is 3. The Balaban J connectivity index is 1.43. The fourth-order valence-corrected chi connectivity index (χ4v) is 5.18. The number of amides is 5. The van der Waals surface area contributed by atoms with Crippen molar-refractivity contribution in [2.45, 2.75) is 44.8 Å². The molecule has 3 aromatic rings. The van der Waals surface area contributed by atoms with Gasteiger partial charge in [0, 0.05) is 34.4 Å². The van der Waals surface area contributed by atoms with Crippen molar-refractivity contribution in [3.05, 3.63) is 94.2 Å². The minimum Gasteiger partial charge on any atom is -0.315 e. The van der Waals surface area contributed by atoms with Crippen LogP contribution < -0.4 is 15.6 Å². The number of benzene rings is 3. The second-order valence-corrected chi connectivity index (χ2v) is 11.3. The molecule has 43 heavy (non-hydrogen) atoms. The van der Waals surface area contributed by atoms with Crippen LogP contribution in [-0.2, 0) is 4.79 Å². The zero-order valence-corrected chi connectivity index (χ0v) is 25.0. The highest BCUT2D eigenvalue weighted by molar-refractivity contribution is 6.31. The van der Waals surface area contributed by atoms with Gasteiger partial charge in [0.25, 0.3) is 0 Å². The maximum Gasteiger partial charge on any atom is 0.347 e. The van der Waals surface area contributed by atoms with Gasteiger partial charge in [-0.1, -0.05) is 47.5 Å². The van der Waals surface area contributed by atoms with Gasteiger partial charge >= 0.3 is 12.1 Å². The average Bonchev–Trinajstić information content (AvgIpc) is 3.16. The van der Waals surface area contributed by atoms with Crippen molar-refractivity contribution in [2.75, 3.05) is 16.8 Å². The van der Waals surface area contributed by atoms with Crippen LogP contribution in [-0.4, -0.2) is 57.6 Å². The van der Waals surface area contributed by atoms with Gasteiger partial charge in [0.15, 0.2) is 6.17 Å². The van der Waals surface area contributed by atoms with Gasteiger partial charge in [-0.05, 0) is 80.8 Å². The molecule has 1 fully saturated rings. The van der Waals surface area contributed by atoms with Crippen molar-refractivity contribution in [1.82, 2.24) is 15.4 Å². The SMILES string of the molecule is CC1(C)C(N(O)C(=O)Nc2cccc(Cl)c2)N(c2cccc(Cl)c2)C(=O)N1CCCCC(=O)N/N=C\c1ccc(F)cc1. The molecule has 3 N–H and O–H groups in total. The Labute approximate surface area is 258 Å². The Bertz CT molecular complexity index is 1500. The number of nitrogens with zero attached hydrogens (tertiary/aromatic N) is 4. The van der Waals surface area contributed by atoms with Crippen molar-refractivity contribution in [2.24, 2.45) is 5.10 Å². The standard InChI is InChI=1S/C30H31Cl2FN6O4/c1-30(2)27(39(43)28(41)35-24-9-5-7-21(31)17-24)38(25-10-6-8-22(32)18-25)29(42)37(30)16-4-3-11-26(40)36-34-19-20-12-14-23(33)15-13-20/h5-10,12-15,17-19,27,43H,3-4,11,16H2,1-2H3,(H,35,41)(H,36,40)/b34-19-. The fourth-order valence-electron chi connectivity index (χ4n) is 4.80. The van der Waals surface area contributed by atoms with E-state index in [4.69, 9.17) is 23.2 Å². The summed E-state index contributed by atoms with van der Waals surface area (Å²) in [5.41, 5.74) is 2.76. The van der Waals surface area contributed by atoms with Gasteiger partial charge in [-0.2, -0.15) is 10.2 Å². The molecule has 0 aromatic heterocycles. The third-order valence-corrected chi connectivity index (χ3v) is 7.39. The second kappa shape index (κ2) is 13.9. The predicted molar refractivity (Wildman–Crippen MR) is 164 cm³/mol. The van der Waals surface area contributed by atoms with Crippen LogP contribution >= 0.6 is 23.2 Å². The van der Waals surface area contributed by atoms with Gasteiger partial charge in [-0.25, -0.2) is 19.4 Å². The summed E-state index contributed by atoms with van der Waals surface area (Å²) in [6.07, 6.45) is 1.33. The molecule has 0 saturated carbocycles. The summed E-state index contributed by atoms with van der Waals surface area (Å²) in [6, 6.07) is 17.4. The average molecular weight is 630 g/mol. The molecule has 1 atom stereocenters. The van der Waals surface area contributed by atoms with E-state index in [1.54, 1.807) is 61.2 Å². The highest BCUT2D eigenvalue weighted by atomic mass is 35.5. The summed E-state index contributed by atoms with van der Waals surface area (Å²) < 4.78 is 13.0. The van der Waals surface area contributed by atoms with Crippen LogP contribution in [0.5, 0.6) is 0 Å². The molecule has 1 heterocycles. The lowest BCUT2D eigenvalue weighted by Gasteiger charge is -2.38. The van der Waals surface area contributed by atoms with Crippen molar-refractivity contribution >= 4 is 58.8 Å². The first-order valence-electron chi connectivity index (χ1n) is 13.5. The zero-order chi connectivity index (χ0) is 31.1. The molecule has 1 aliphatic heterocycles. The molecule has 5 amide bonds. The van der Waals surface area contributed by atoms with Crippen LogP contribution in [0.4, 0.5) is 25.4 Å². The molecule has 10 nitrogen and oxygen atoms in total. The smallest absolute Gasteiger partial charge is 0.315 e. The number of halogens is 3. The summed E-state index contributed by atoms with van der Waals surface area (Å²) in [5.74, 6) is -0.682. The van der Waals surface area contributed by atoms with Crippen molar-refractivity contribution in [3.8, 4) is 0 Å². The van der Waals surface area contributed by atoms with E-state index in [0.29, 0.717) is 44.9 Å². The molecule has 0 radical (unpaired) electrons. The van der Waals surface area contributed by atoms with Crippen molar-refractivity contribution in [3.63, 3.8) is 0 Å². The van der Waals surface area contributed by atoms with E-state index in [1.165, 1.54) is 41.4 Å². The third kappa shape index (κ3) is 7.81. The number of urea groups is 2. The molecule has 1 saturated heterocycles. The van der Waals surface area contributed by atoms with Crippen LogP contribution in [0.25, 0.3) is 0 Å². The Morgan fingerprint density at radius 3 is 2.40 bits per heavy atom. The van der Waals surface area contributed by atoms with Gasteiger partial charge in [-0.3, -0.25) is 14.9 Å². The number of anilines is 2. The molecule has 1 aliphatic rings. The van der Waals surface area contributed by atoms with E-state index in [9.17, 15) is 24.0 Å². The fraction of sp³-hybridized carbons (Fsp3) is 0.267. The maximum absolute atomic E-state index is 13.8. The van der Waals surface area contributed by atoms with Gasteiger partial charge in [0.1, 0.15) is 5.82 Å². The number of rotatable bonds is 10. The van der Waals surface area contributed by atoms with Gasteiger partial charge < -0.3 is 10.2 Å². The number of unbranched alkanes of at least 4 members (excludes halogenated alkanes) is 1. The lowest BCUT2D eigenvalue weighted by molar-refractivity contribution is -0.121. The molecule has 0 aliphatic carbocycles. The molecule has 4 rings (SSSR count). The number of hydrazone groups is 1. The monoisotopic (exact) mass is 628 g/mol. The summed E-state index contributed by atoms with van der Waals surface area (Å²) in [7, 11) is 0. The van der Waals surface area contributed by atoms with E-state index in [2.05, 4.69) is 15.8 Å². The highest BCUT2D eigenvalue weighted by Gasteiger charge is 2.55. The van der Waals surface area contributed by atoms with E-state index < -0.39 is 23.8 Å². The van der Waals surface area contributed by atoms with Gasteiger partial charge in [0.05, 0.1) is 11.8 Å². The topological polar surface area (TPSA) is 118 Å². The molecular formula is C30H31Cl2FN6O4. The predicted octanol–water partition coefficient (Wildman–Crippen LogP) is 6.72. The van der Waals surface area contributed by atoms with Crippen LogP contribution in [0, 0.1) is 5.82 Å². The quantitative estimate of drug-likeness (QED) is 0.0999. The summed E-state index contributed by atoms with van der Waals surface area (Å²) in [5, 5.41) is 19.0. The van der Waals surface area contributed by atoms with Crippen molar-refractivity contribution < 1.29 is 24.0 Å². The molecule has 0 spiro atoms. The first kappa shape index (κ1) is 31.7. The minimum absolute atomic E-state index is 0.152. The second-order valence-electron chi connectivity index (χ2n) is 10.4. The Kier molecular flexibility index (Phi) is 10.2. The summed E-state index contributed by atoms with van der Waals surface area (Å²) in [6.45, 7) is 3.73. The number of hydroxylamine groups is 2. The normalized spacial score (nSPS) is 16.0. The number of hydrogen-bond acceptors (Lipinski definition) is 5. The molecule has 0 bridgehead atoms. The van der Waals surface area contributed by atoms with Crippen LogP contribution in [0.1, 0.15) is 38.7 Å². The number of hydrogen-bond donors (Lipinski definition) is 3. The minimum atomic E-state index is -1.14. The van der Waals surface area contributed by atoms with Crippen molar-refractivity contribution in [1.29, 1.82) is 0 Å². The molecule has 3 aromatic carbocycles. The van der Waals surface area contributed by atoms with Crippen LogP contribution in [0.2, 0.25) is 10.0 Å². The number of carbonyl (C=O) groups excluding carboxylic acids is 3. The summed E-state index contributed by atoms with van der Waals surface area (Å²) in [4.78, 5) is 42.1.